The Morgan fingerprint density at radius 3 is 3.14 bits per heavy atom. The minimum atomic E-state index is -0.132. The number of nitrogens with zero attached hydrogens (tertiary/aromatic N) is 4. The molecule has 0 fully saturated rings. The number of nitrogens with one attached hydrogen (secondary N) is 2. The van der Waals surface area contributed by atoms with Gasteiger partial charge in [0.1, 0.15) is 11.6 Å². The molecule has 22 heavy (non-hydrogen) atoms. The van der Waals surface area contributed by atoms with Gasteiger partial charge in [0.25, 0.3) is 0 Å². The summed E-state index contributed by atoms with van der Waals surface area (Å²) in [5.41, 5.74) is 0. The molecule has 1 amide bonds. The molecule has 0 radical (unpaired) electrons. The lowest BCUT2D eigenvalue weighted by Crippen LogP contribution is -2.41. The van der Waals surface area contributed by atoms with E-state index in [1.54, 1.807) is 13.0 Å². The first-order valence-electron chi connectivity index (χ1n) is 7.53. The Balaban J connectivity index is 1.49. The molecule has 0 aliphatic carbocycles. The molecule has 0 spiro atoms. The lowest BCUT2D eigenvalue weighted by molar-refractivity contribution is -0.115. The van der Waals surface area contributed by atoms with Crippen molar-refractivity contribution in [3.8, 4) is 0 Å². The number of hydrogen-bond acceptors (Lipinski definition) is 6. The molecular weight excluding hydrogens is 284 g/mol. The molecule has 8 nitrogen and oxygen atoms in total. The molecule has 8 heteroatoms. The molecule has 0 aromatic carbocycles. The summed E-state index contributed by atoms with van der Waals surface area (Å²) in [6.45, 7) is 4.82. The van der Waals surface area contributed by atoms with Gasteiger partial charge in [-0.05, 0) is 13.3 Å². The van der Waals surface area contributed by atoms with Gasteiger partial charge in [-0.2, -0.15) is 5.10 Å². The van der Waals surface area contributed by atoms with Gasteiger partial charge in [0.15, 0.2) is 11.6 Å². The topological polar surface area (TPSA) is 97.9 Å². The van der Waals surface area contributed by atoms with Crippen molar-refractivity contribution in [2.75, 3.05) is 11.9 Å². The van der Waals surface area contributed by atoms with Crippen LogP contribution >= 0.6 is 0 Å². The summed E-state index contributed by atoms with van der Waals surface area (Å²) in [5.74, 6) is 2.90. The summed E-state index contributed by atoms with van der Waals surface area (Å²) in [6.07, 6.45) is 2.69. The van der Waals surface area contributed by atoms with E-state index in [9.17, 15) is 4.79 Å². The quantitative estimate of drug-likeness (QED) is 0.843. The molecule has 1 unspecified atom stereocenters. The van der Waals surface area contributed by atoms with Crippen molar-refractivity contribution >= 4 is 11.7 Å². The van der Waals surface area contributed by atoms with Crippen LogP contribution in [-0.2, 0) is 24.2 Å². The molecule has 3 rings (SSSR count). The van der Waals surface area contributed by atoms with Gasteiger partial charge in [-0.25, -0.2) is 9.67 Å². The maximum absolute atomic E-state index is 11.9. The molecule has 3 heterocycles. The van der Waals surface area contributed by atoms with Crippen LogP contribution in [0.15, 0.2) is 10.6 Å². The monoisotopic (exact) mass is 304 g/mol. The van der Waals surface area contributed by atoms with E-state index >= 15 is 0 Å². The number of carbonyl (C=O) groups is 1. The maximum Gasteiger partial charge on any atom is 0.239 e. The summed E-state index contributed by atoms with van der Waals surface area (Å²) in [5, 5.41) is 14.1. The molecule has 1 atom stereocenters. The number of anilines is 1. The minimum absolute atomic E-state index is 0.132. The smallest absolute Gasteiger partial charge is 0.239 e. The van der Waals surface area contributed by atoms with Crippen LogP contribution in [0.1, 0.15) is 30.8 Å². The molecule has 0 saturated carbocycles. The number of hydrogen-bond donors (Lipinski definition) is 2. The van der Waals surface area contributed by atoms with Crippen LogP contribution < -0.4 is 10.6 Å². The van der Waals surface area contributed by atoms with Crippen LogP contribution in [0.5, 0.6) is 0 Å². The average Bonchev–Trinajstić information content (AvgIpc) is 3.10. The van der Waals surface area contributed by atoms with E-state index in [0.717, 1.165) is 37.5 Å². The summed E-state index contributed by atoms with van der Waals surface area (Å²) < 4.78 is 6.85. The molecule has 0 saturated heterocycles. The first kappa shape index (κ1) is 14.7. The van der Waals surface area contributed by atoms with Gasteiger partial charge >= 0.3 is 0 Å². The predicted molar refractivity (Wildman–Crippen MR) is 79.4 cm³/mol. The number of rotatable bonds is 5. The van der Waals surface area contributed by atoms with Crippen LogP contribution in [0.2, 0.25) is 0 Å². The zero-order valence-electron chi connectivity index (χ0n) is 12.8. The standard InChI is InChI=1S/C14H20N6O2/c1-3-11-16-13-5-4-10(8-20(13)18-11)15-7-14(21)17-12-6-9(2)22-19-12/h6,10,15H,3-5,7-8H2,1-2H3,(H,17,19,21). The van der Waals surface area contributed by atoms with Gasteiger partial charge < -0.3 is 15.2 Å². The number of amides is 1. The fourth-order valence-electron chi connectivity index (χ4n) is 2.53. The zero-order chi connectivity index (χ0) is 15.5. The molecule has 2 aromatic rings. The van der Waals surface area contributed by atoms with Crippen LogP contribution in [-0.4, -0.2) is 38.4 Å². The maximum atomic E-state index is 11.9. The Bertz CT molecular complexity index is 662. The van der Waals surface area contributed by atoms with E-state index in [1.807, 2.05) is 11.6 Å². The Morgan fingerprint density at radius 2 is 2.41 bits per heavy atom. The van der Waals surface area contributed by atoms with Gasteiger partial charge in [0, 0.05) is 24.9 Å². The summed E-state index contributed by atoms with van der Waals surface area (Å²) >= 11 is 0. The van der Waals surface area contributed by atoms with E-state index in [4.69, 9.17) is 4.52 Å². The van der Waals surface area contributed by atoms with Crippen LogP contribution in [0, 0.1) is 6.92 Å². The van der Waals surface area contributed by atoms with Crippen molar-refractivity contribution < 1.29 is 9.32 Å². The molecule has 2 N–H and O–H groups in total. The highest BCUT2D eigenvalue weighted by Crippen LogP contribution is 2.13. The highest BCUT2D eigenvalue weighted by molar-refractivity contribution is 5.91. The number of carbonyl (C=O) groups excluding carboxylic acids is 1. The second-order valence-corrected chi connectivity index (χ2v) is 5.47. The second-order valence-electron chi connectivity index (χ2n) is 5.47. The Labute approximate surface area is 128 Å². The molecule has 118 valence electrons. The molecule has 2 aromatic heterocycles. The third kappa shape index (κ3) is 3.33. The van der Waals surface area contributed by atoms with Gasteiger partial charge in [0.05, 0.1) is 13.1 Å². The predicted octanol–water partition coefficient (Wildman–Crippen LogP) is 0.680. The Morgan fingerprint density at radius 1 is 1.55 bits per heavy atom. The fraction of sp³-hybridized carbons (Fsp3) is 0.571. The molecule has 1 aliphatic rings. The first-order valence-corrected chi connectivity index (χ1v) is 7.53. The van der Waals surface area contributed by atoms with E-state index in [0.29, 0.717) is 11.6 Å². The number of aromatic nitrogens is 4. The molecular formula is C14H20N6O2. The molecule has 1 aliphatic heterocycles. The average molecular weight is 304 g/mol. The van der Waals surface area contributed by atoms with E-state index < -0.39 is 0 Å². The second kappa shape index (κ2) is 6.27. The van der Waals surface area contributed by atoms with Gasteiger partial charge in [-0.1, -0.05) is 12.1 Å². The van der Waals surface area contributed by atoms with Crippen LogP contribution in [0.25, 0.3) is 0 Å². The zero-order valence-corrected chi connectivity index (χ0v) is 12.8. The Hall–Kier alpha value is -2.22. The summed E-state index contributed by atoms with van der Waals surface area (Å²) in [7, 11) is 0. The SMILES string of the molecule is CCc1nc2n(n1)CC(NCC(=O)Nc1cc(C)on1)CC2. The van der Waals surface area contributed by atoms with E-state index in [-0.39, 0.29) is 18.5 Å². The van der Waals surface area contributed by atoms with Crippen molar-refractivity contribution in [2.24, 2.45) is 0 Å². The van der Waals surface area contributed by atoms with Gasteiger partial charge in [-0.15, -0.1) is 0 Å². The lowest BCUT2D eigenvalue weighted by Gasteiger charge is -2.23. The molecule has 0 bridgehead atoms. The van der Waals surface area contributed by atoms with Gasteiger partial charge in [0.2, 0.25) is 5.91 Å². The van der Waals surface area contributed by atoms with Crippen molar-refractivity contribution in [2.45, 2.75) is 45.7 Å². The summed E-state index contributed by atoms with van der Waals surface area (Å²) in [4.78, 5) is 16.4. The third-order valence-electron chi connectivity index (χ3n) is 3.66. The van der Waals surface area contributed by atoms with E-state index in [1.165, 1.54) is 0 Å². The third-order valence-corrected chi connectivity index (χ3v) is 3.66. The largest absolute Gasteiger partial charge is 0.360 e. The minimum Gasteiger partial charge on any atom is -0.360 e. The fourth-order valence-corrected chi connectivity index (χ4v) is 2.53. The first-order chi connectivity index (χ1) is 10.6. The highest BCUT2D eigenvalue weighted by atomic mass is 16.5. The normalized spacial score (nSPS) is 17.3. The lowest BCUT2D eigenvalue weighted by atomic mass is 10.1. The van der Waals surface area contributed by atoms with Crippen molar-refractivity contribution in [3.05, 3.63) is 23.5 Å². The van der Waals surface area contributed by atoms with Crippen molar-refractivity contribution in [3.63, 3.8) is 0 Å². The van der Waals surface area contributed by atoms with Crippen LogP contribution in [0.3, 0.4) is 0 Å². The van der Waals surface area contributed by atoms with Crippen LogP contribution in [0.4, 0.5) is 5.82 Å². The van der Waals surface area contributed by atoms with Crippen molar-refractivity contribution in [1.82, 2.24) is 25.2 Å². The Kier molecular flexibility index (Phi) is 4.19. The van der Waals surface area contributed by atoms with E-state index in [2.05, 4.69) is 25.9 Å². The highest BCUT2D eigenvalue weighted by Gasteiger charge is 2.21. The number of fused-ring (bicyclic) bond motifs is 1. The summed E-state index contributed by atoms with van der Waals surface area (Å²) in [6, 6.07) is 1.91. The number of aryl methyl sites for hydroxylation is 3. The van der Waals surface area contributed by atoms with Crippen molar-refractivity contribution in [1.29, 1.82) is 0 Å². The van der Waals surface area contributed by atoms with Gasteiger partial charge in [-0.3, -0.25) is 4.79 Å².